The maximum Gasteiger partial charge on any atom is 0.207 e. The van der Waals surface area contributed by atoms with Gasteiger partial charge < -0.3 is 15.3 Å². The second-order valence-electron chi connectivity index (χ2n) is 2.44. The summed E-state index contributed by atoms with van der Waals surface area (Å²) in [6.45, 7) is 0.0111. The molecule has 64 valence electrons. The van der Waals surface area contributed by atoms with Gasteiger partial charge in [0.25, 0.3) is 0 Å². The smallest absolute Gasteiger partial charge is 0.207 e. The van der Waals surface area contributed by atoms with Gasteiger partial charge in [-0.15, -0.1) is 0 Å². The number of aliphatic hydroxyl groups excluding tert-OH is 1. The number of furan rings is 1. The van der Waals surface area contributed by atoms with Crippen LogP contribution < -0.4 is 5.73 Å². The molecule has 1 rings (SSSR count). The number of rotatable bonds is 3. The van der Waals surface area contributed by atoms with Crippen LogP contribution in [-0.2, 0) is 0 Å². The van der Waals surface area contributed by atoms with Crippen LogP contribution in [0.5, 0.6) is 0 Å². The van der Waals surface area contributed by atoms with Gasteiger partial charge in [-0.2, -0.15) is 5.26 Å². The van der Waals surface area contributed by atoms with Gasteiger partial charge in [0.05, 0.1) is 6.26 Å². The average molecular weight is 166 g/mol. The summed E-state index contributed by atoms with van der Waals surface area (Å²) in [5.74, 6) is 0.232. The van der Waals surface area contributed by atoms with Gasteiger partial charge in [-0.25, -0.2) is 0 Å². The Labute approximate surface area is 70.2 Å². The van der Waals surface area contributed by atoms with Crippen LogP contribution >= 0.6 is 0 Å². The molecule has 1 atom stereocenters. The minimum Gasteiger partial charge on any atom is -0.454 e. The van der Waals surface area contributed by atoms with Gasteiger partial charge in [-0.05, 0) is 12.5 Å². The lowest BCUT2D eigenvalue weighted by Crippen LogP contribution is -2.12. The lowest BCUT2D eigenvalue weighted by molar-refractivity contribution is 0.276. The summed E-state index contributed by atoms with van der Waals surface area (Å²) in [5.41, 5.74) is 6.31. The Morgan fingerprint density at radius 2 is 2.50 bits per heavy atom. The van der Waals surface area contributed by atoms with Crippen LogP contribution in [0.1, 0.15) is 23.8 Å². The highest BCUT2D eigenvalue weighted by Crippen LogP contribution is 2.18. The number of nitrogens with two attached hydrogens (primary N) is 1. The van der Waals surface area contributed by atoms with Crippen LogP contribution in [-0.4, -0.2) is 11.7 Å². The van der Waals surface area contributed by atoms with Crippen LogP contribution in [0.25, 0.3) is 0 Å². The molecule has 12 heavy (non-hydrogen) atoms. The molecule has 0 saturated carbocycles. The Hall–Kier alpha value is -1.31. The molecule has 0 bridgehead atoms. The highest BCUT2D eigenvalue weighted by Gasteiger charge is 2.12. The minimum atomic E-state index is -0.316. The molecule has 0 aliphatic carbocycles. The van der Waals surface area contributed by atoms with Crippen molar-refractivity contribution < 1.29 is 9.52 Å². The van der Waals surface area contributed by atoms with Crippen molar-refractivity contribution in [2.75, 3.05) is 6.61 Å². The summed E-state index contributed by atoms with van der Waals surface area (Å²) < 4.78 is 4.86. The predicted octanol–water partition coefficient (Wildman–Crippen LogP) is 0.533. The molecule has 0 radical (unpaired) electrons. The third-order valence-corrected chi connectivity index (χ3v) is 1.64. The van der Waals surface area contributed by atoms with Gasteiger partial charge in [-0.1, -0.05) is 0 Å². The molecular weight excluding hydrogens is 156 g/mol. The second-order valence-corrected chi connectivity index (χ2v) is 2.44. The predicted molar refractivity (Wildman–Crippen MR) is 42.1 cm³/mol. The molecule has 1 aromatic rings. The van der Waals surface area contributed by atoms with Crippen molar-refractivity contribution in [3.63, 3.8) is 0 Å². The van der Waals surface area contributed by atoms with E-state index in [1.54, 1.807) is 6.07 Å². The molecule has 4 nitrogen and oxygen atoms in total. The quantitative estimate of drug-likeness (QED) is 0.686. The van der Waals surface area contributed by atoms with Crippen LogP contribution in [0.15, 0.2) is 16.7 Å². The Morgan fingerprint density at radius 3 is 3.08 bits per heavy atom. The fraction of sp³-hybridized carbons (Fsp3) is 0.375. The number of nitrogens with zero attached hydrogens (tertiary/aromatic N) is 1. The van der Waals surface area contributed by atoms with Crippen molar-refractivity contribution >= 4 is 0 Å². The average Bonchev–Trinajstić information content (AvgIpc) is 2.51. The van der Waals surface area contributed by atoms with Gasteiger partial charge >= 0.3 is 0 Å². The first-order valence-corrected chi connectivity index (χ1v) is 3.63. The molecule has 0 aliphatic heterocycles. The summed E-state index contributed by atoms with van der Waals surface area (Å²) >= 11 is 0. The van der Waals surface area contributed by atoms with Crippen LogP contribution in [0, 0.1) is 11.3 Å². The van der Waals surface area contributed by atoms with E-state index in [2.05, 4.69) is 0 Å². The van der Waals surface area contributed by atoms with E-state index >= 15 is 0 Å². The summed E-state index contributed by atoms with van der Waals surface area (Å²) in [4.78, 5) is 0. The van der Waals surface area contributed by atoms with Gasteiger partial charge in [-0.3, -0.25) is 0 Å². The normalized spacial score (nSPS) is 12.4. The zero-order valence-electron chi connectivity index (χ0n) is 6.53. The summed E-state index contributed by atoms with van der Waals surface area (Å²) in [7, 11) is 0. The SMILES string of the molecule is N#Cc1occc1[C@@H](N)CCO. The van der Waals surface area contributed by atoms with E-state index in [9.17, 15) is 0 Å². The number of hydrogen-bond acceptors (Lipinski definition) is 4. The zero-order chi connectivity index (χ0) is 8.97. The molecule has 0 aliphatic rings. The fourth-order valence-electron chi connectivity index (χ4n) is 0.997. The summed E-state index contributed by atoms with van der Waals surface area (Å²) in [5, 5.41) is 17.2. The topological polar surface area (TPSA) is 83.2 Å². The van der Waals surface area contributed by atoms with E-state index < -0.39 is 0 Å². The monoisotopic (exact) mass is 166 g/mol. The number of hydrogen-bond donors (Lipinski definition) is 2. The molecule has 0 saturated heterocycles. The maximum absolute atomic E-state index is 8.61. The van der Waals surface area contributed by atoms with Crippen molar-refractivity contribution in [2.24, 2.45) is 5.73 Å². The molecule has 0 amide bonds. The van der Waals surface area contributed by atoms with Crippen molar-refractivity contribution in [3.8, 4) is 6.07 Å². The Bertz CT molecular complexity index is 287. The first-order valence-electron chi connectivity index (χ1n) is 3.63. The van der Waals surface area contributed by atoms with E-state index in [1.165, 1.54) is 6.26 Å². The highest BCUT2D eigenvalue weighted by molar-refractivity contribution is 5.30. The van der Waals surface area contributed by atoms with E-state index in [0.29, 0.717) is 12.0 Å². The molecule has 4 heteroatoms. The largest absolute Gasteiger partial charge is 0.454 e. The molecule has 0 fully saturated rings. The van der Waals surface area contributed by atoms with Gasteiger partial charge in [0.15, 0.2) is 0 Å². The molecule has 1 aromatic heterocycles. The Balaban J connectivity index is 2.80. The highest BCUT2D eigenvalue weighted by atomic mass is 16.3. The first kappa shape index (κ1) is 8.78. The van der Waals surface area contributed by atoms with E-state index in [-0.39, 0.29) is 18.4 Å². The molecular formula is C8H10N2O2. The lowest BCUT2D eigenvalue weighted by Gasteiger charge is -2.06. The van der Waals surface area contributed by atoms with Crippen molar-refractivity contribution in [1.29, 1.82) is 5.26 Å². The minimum absolute atomic E-state index is 0.0111. The number of aliphatic hydroxyl groups is 1. The van der Waals surface area contributed by atoms with E-state index in [1.807, 2.05) is 6.07 Å². The van der Waals surface area contributed by atoms with E-state index in [0.717, 1.165) is 0 Å². The Kier molecular flexibility index (Phi) is 2.86. The lowest BCUT2D eigenvalue weighted by atomic mass is 10.1. The van der Waals surface area contributed by atoms with Gasteiger partial charge in [0, 0.05) is 18.2 Å². The summed E-state index contributed by atoms with van der Waals surface area (Å²) in [6.07, 6.45) is 1.86. The fourth-order valence-corrected chi connectivity index (χ4v) is 0.997. The second kappa shape index (κ2) is 3.90. The van der Waals surface area contributed by atoms with Crippen molar-refractivity contribution in [3.05, 3.63) is 23.7 Å². The Morgan fingerprint density at radius 1 is 1.75 bits per heavy atom. The van der Waals surface area contributed by atoms with E-state index in [4.69, 9.17) is 20.5 Å². The van der Waals surface area contributed by atoms with Gasteiger partial charge in [0.1, 0.15) is 6.07 Å². The number of nitriles is 1. The van der Waals surface area contributed by atoms with Crippen molar-refractivity contribution in [1.82, 2.24) is 0 Å². The molecule has 0 spiro atoms. The first-order chi connectivity index (χ1) is 5.79. The third-order valence-electron chi connectivity index (χ3n) is 1.64. The van der Waals surface area contributed by atoms with Crippen molar-refractivity contribution in [2.45, 2.75) is 12.5 Å². The molecule has 1 heterocycles. The maximum atomic E-state index is 8.61. The molecule has 0 aromatic carbocycles. The van der Waals surface area contributed by atoms with Gasteiger partial charge in [0.2, 0.25) is 5.76 Å². The van der Waals surface area contributed by atoms with Crippen LogP contribution in [0.3, 0.4) is 0 Å². The molecule has 3 N–H and O–H groups in total. The summed E-state index contributed by atoms with van der Waals surface area (Å²) in [6, 6.07) is 3.22. The molecule has 0 unspecified atom stereocenters. The standard InChI is InChI=1S/C8H10N2O2/c9-5-8-6(2-4-12-8)7(10)1-3-11/h2,4,7,11H,1,3,10H2/t7-/m0/s1. The van der Waals surface area contributed by atoms with Crippen LogP contribution in [0.4, 0.5) is 0 Å². The zero-order valence-corrected chi connectivity index (χ0v) is 6.53. The van der Waals surface area contributed by atoms with Crippen LogP contribution in [0.2, 0.25) is 0 Å². The third kappa shape index (κ3) is 1.64.